The normalized spacial score (nSPS) is 13.1. The molecule has 0 bridgehead atoms. The van der Waals surface area contributed by atoms with Crippen LogP contribution in [0.25, 0.3) is 0 Å². The molecular formula is C21H30N2O4. The van der Waals surface area contributed by atoms with Crippen molar-refractivity contribution >= 4 is 11.8 Å². The molecule has 6 heteroatoms. The Bertz CT molecular complexity index is 679. The molecule has 0 saturated carbocycles. The summed E-state index contributed by atoms with van der Waals surface area (Å²) in [5, 5.41) is 5.91. The van der Waals surface area contributed by atoms with Crippen LogP contribution in [-0.2, 0) is 0 Å². The quantitative estimate of drug-likeness (QED) is 0.539. The number of rotatable bonds is 12. The van der Waals surface area contributed by atoms with Crippen molar-refractivity contribution in [1.29, 1.82) is 0 Å². The summed E-state index contributed by atoms with van der Waals surface area (Å²) >= 11 is 0. The lowest BCUT2D eigenvalue weighted by Crippen LogP contribution is -2.38. The lowest BCUT2D eigenvalue weighted by molar-refractivity contribution is 0.0888. The van der Waals surface area contributed by atoms with E-state index in [4.69, 9.17) is 8.83 Å². The van der Waals surface area contributed by atoms with Crippen LogP contribution < -0.4 is 10.6 Å². The SMILES string of the molecule is CCCC[C@@](CC)(CCCNC(=O)c1ccco1)CNC(=O)c1ccco1. The minimum atomic E-state index is -0.193. The second-order valence-electron chi connectivity index (χ2n) is 6.95. The van der Waals surface area contributed by atoms with E-state index >= 15 is 0 Å². The first-order valence-electron chi connectivity index (χ1n) is 9.73. The van der Waals surface area contributed by atoms with Crippen molar-refractivity contribution in [2.45, 2.75) is 52.4 Å². The number of nitrogens with one attached hydrogen (secondary N) is 2. The number of hydrogen-bond acceptors (Lipinski definition) is 4. The van der Waals surface area contributed by atoms with E-state index in [0.29, 0.717) is 24.6 Å². The van der Waals surface area contributed by atoms with Crippen LogP contribution in [0.15, 0.2) is 45.6 Å². The van der Waals surface area contributed by atoms with Gasteiger partial charge in [-0.1, -0.05) is 26.7 Å². The molecule has 0 saturated heterocycles. The summed E-state index contributed by atoms with van der Waals surface area (Å²) in [6.07, 6.45) is 9.01. The Morgan fingerprint density at radius 2 is 1.52 bits per heavy atom. The summed E-state index contributed by atoms with van der Waals surface area (Å²) < 4.78 is 10.3. The fraction of sp³-hybridized carbons (Fsp3) is 0.524. The molecule has 27 heavy (non-hydrogen) atoms. The molecule has 0 fully saturated rings. The predicted molar refractivity (Wildman–Crippen MR) is 104 cm³/mol. The van der Waals surface area contributed by atoms with E-state index in [0.717, 1.165) is 38.5 Å². The Hall–Kier alpha value is -2.50. The van der Waals surface area contributed by atoms with E-state index in [2.05, 4.69) is 24.5 Å². The third-order valence-corrected chi connectivity index (χ3v) is 5.09. The number of carbonyl (C=O) groups is 2. The molecular weight excluding hydrogens is 344 g/mol. The zero-order valence-corrected chi connectivity index (χ0v) is 16.3. The van der Waals surface area contributed by atoms with E-state index in [1.807, 2.05) is 0 Å². The van der Waals surface area contributed by atoms with Crippen molar-refractivity contribution in [3.05, 3.63) is 48.3 Å². The molecule has 0 aliphatic carbocycles. The smallest absolute Gasteiger partial charge is 0.286 e. The molecule has 2 heterocycles. The van der Waals surface area contributed by atoms with Crippen molar-refractivity contribution in [3.8, 4) is 0 Å². The van der Waals surface area contributed by atoms with Gasteiger partial charge < -0.3 is 19.5 Å². The minimum Gasteiger partial charge on any atom is -0.459 e. The largest absolute Gasteiger partial charge is 0.459 e. The van der Waals surface area contributed by atoms with Gasteiger partial charge in [-0.3, -0.25) is 9.59 Å². The van der Waals surface area contributed by atoms with Crippen LogP contribution in [0.2, 0.25) is 0 Å². The molecule has 2 rings (SSSR count). The number of carbonyl (C=O) groups excluding carboxylic acids is 2. The van der Waals surface area contributed by atoms with Crippen LogP contribution in [-0.4, -0.2) is 24.9 Å². The summed E-state index contributed by atoms with van der Waals surface area (Å²) in [4.78, 5) is 24.2. The van der Waals surface area contributed by atoms with Gasteiger partial charge in [-0.05, 0) is 55.4 Å². The number of amides is 2. The standard InChI is InChI=1S/C21H30N2O4/c1-3-5-11-21(4-2,16-23-20(25)18-10-7-15-27-18)12-8-13-22-19(24)17-9-6-14-26-17/h6-7,9-10,14-15H,3-5,8,11-13,16H2,1-2H3,(H,22,24)(H,23,25)/t21-/m0/s1. The molecule has 0 aliphatic rings. The Kier molecular flexibility index (Phi) is 8.17. The maximum Gasteiger partial charge on any atom is 0.286 e. The molecule has 2 N–H and O–H groups in total. The van der Waals surface area contributed by atoms with Crippen LogP contribution in [0.5, 0.6) is 0 Å². The first-order chi connectivity index (χ1) is 13.1. The third kappa shape index (κ3) is 6.31. The monoisotopic (exact) mass is 374 g/mol. The fourth-order valence-corrected chi connectivity index (χ4v) is 3.25. The zero-order valence-electron chi connectivity index (χ0n) is 16.3. The van der Waals surface area contributed by atoms with Crippen LogP contribution in [0.4, 0.5) is 0 Å². The minimum absolute atomic E-state index is 0.0215. The van der Waals surface area contributed by atoms with Crippen molar-refractivity contribution in [2.24, 2.45) is 5.41 Å². The van der Waals surface area contributed by atoms with E-state index in [-0.39, 0.29) is 17.2 Å². The molecule has 1 atom stereocenters. The molecule has 2 amide bonds. The summed E-state index contributed by atoms with van der Waals surface area (Å²) in [6, 6.07) is 6.72. The Morgan fingerprint density at radius 1 is 0.926 bits per heavy atom. The van der Waals surface area contributed by atoms with Gasteiger partial charge in [0, 0.05) is 13.1 Å². The maximum atomic E-state index is 12.2. The van der Waals surface area contributed by atoms with Gasteiger partial charge in [0.25, 0.3) is 11.8 Å². The van der Waals surface area contributed by atoms with Gasteiger partial charge in [-0.25, -0.2) is 0 Å². The van der Waals surface area contributed by atoms with Gasteiger partial charge in [-0.15, -0.1) is 0 Å². The topological polar surface area (TPSA) is 84.5 Å². The third-order valence-electron chi connectivity index (χ3n) is 5.09. The van der Waals surface area contributed by atoms with Gasteiger partial charge in [0.15, 0.2) is 11.5 Å². The van der Waals surface area contributed by atoms with Crippen molar-refractivity contribution in [1.82, 2.24) is 10.6 Å². The summed E-state index contributed by atoms with van der Waals surface area (Å²) in [5.74, 6) is 0.289. The molecule has 148 valence electrons. The van der Waals surface area contributed by atoms with E-state index in [1.165, 1.54) is 12.5 Å². The van der Waals surface area contributed by atoms with Gasteiger partial charge in [0.2, 0.25) is 0 Å². The van der Waals surface area contributed by atoms with Crippen LogP contribution in [0.1, 0.15) is 73.5 Å². The van der Waals surface area contributed by atoms with Gasteiger partial charge in [-0.2, -0.15) is 0 Å². The van der Waals surface area contributed by atoms with E-state index in [1.54, 1.807) is 24.3 Å². The molecule has 0 spiro atoms. The zero-order chi connectivity index (χ0) is 19.5. The first kappa shape index (κ1) is 20.8. The number of unbranched alkanes of at least 4 members (excludes halogenated alkanes) is 1. The highest BCUT2D eigenvalue weighted by atomic mass is 16.3. The summed E-state index contributed by atoms with van der Waals surface area (Å²) in [6.45, 7) is 5.52. The molecule has 0 aliphatic heterocycles. The molecule has 2 aromatic heterocycles. The molecule has 0 aromatic carbocycles. The Labute approximate surface area is 160 Å². The lowest BCUT2D eigenvalue weighted by Gasteiger charge is -2.33. The second kappa shape index (κ2) is 10.6. The van der Waals surface area contributed by atoms with Gasteiger partial charge >= 0.3 is 0 Å². The lowest BCUT2D eigenvalue weighted by atomic mass is 9.76. The highest BCUT2D eigenvalue weighted by Gasteiger charge is 2.28. The molecule has 6 nitrogen and oxygen atoms in total. The molecule has 0 radical (unpaired) electrons. The van der Waals surface area contributed by atoms with Crippen molar-refractivity contribution < 1.29 is 18.4 Å². The number of furan rings is 2. The van der Waals surface area contributed by atoms with E-state index in [9.17, 15) is 9.59 Å². The van der Waals surface area contributed by atoms with Crippen LogP contribution in [0, 0.1) is 5.41 Å². The maximum absolute atomic E-state index is 12.2. The first-order valence-corrected chi connectivity index (χ1v) is 9.73. The fourth-order valence-electron chi connectivity index (χ4n) is 3.25. The van der Waals surface area contributed by atoms with E-state index < -0.39 is 0 Å². The Balaban J connectivity index is 1.85. The molecule has 0 unspecified atom stereocenters. The van der Waals surface area contributed by atoms with Crippen molar-refractivity contribution in [2.75, 3.05) is 13.1 Å². The summed E-state index contributed by atoms with van der Waals surface area (Å²) in [7, 11) is 0. The number of hydrogen-bond donors (Lipinski definition) is 2. The summed E-state index contributed by atoms with van der Waals surface area (Å²) in [5.41, 5.74) is 0.0215. The highest BCUT2D eigenvalue weighted by molar-refractivity contribution is 5.91. The highest BCUT2D eigenvalue weighted by Crippen LogP contribution is 2.33. The molecule has 2 aromatic rings. The second-order valence-corrected chi connectivity index (χ2v) is 6.95. The average Bonchev–Trinajstić information content (AvgIpc) is 3.40. The van der Waals surface area contributed by atoms with Crippen LogP contribution in [0.3, 0.4) is 0 Å². The van der Waals surface area contributed by atoms with Gasteiger partial charge in [0.1, 0.15) is 0 Å². The van der Waals surface area contributed by atoms with Gasteiger partial charge in [0.05, 0.1) is 12.5 Å². The Morgan fingerprint density at radius 3 is 2.04 bits per heavy atom. The predicted octanol–water partition coefficient (Wildman–Crippen LogP) is 4.40. The average molecular weight is 374 g/mol. The van der Waals surface area contributed by atoms with Crippen LogP contribution >= 0.6 is 0 Å². The van der Waals surface area contributed by atoms with Crippen molar-refractivity contribution in [3.63, 3.8) is 0 Å².